The van der Waals surface area contributed by atoms with Gasteiger partial charge in [0, 0.05) is 26.4 Å². The molecule has 0 saturated heterocycles. The number of rotatable bonds is 6. The Morgan fingerprint density at radius 1 is 1.40 bits per heavy atom. The number of methoxy groups -OCH3 is 1. The van der Waals surface area contributed by atoms with Gasteiger partial charge < -0.3 is 4.74 Å². The normalized spacial score (nSPS) is 10.9. The minimum absolute atomic E-state index is 0.767. The minimum atomic E-state index is 0.767. The predicted molar refractivity (Wildman–Crippen MR) is 61.8 cm³/mol. The number of likely N-dealkylation sites (N-methyl/N-ethyl adjacent to an activating group) is 1. The minimum Gasteiger partial charge on any atom is -0.383 e. The third-order valence-electron chi connectivity index (χ3n) is 2.40. The fourth-order valence-corrected chi connectivity index (χ4v) is 1.36. The summed E-state index contributed by atoms with van der Waals surface area (Å²) in [6.07, 6.45) is 3.01. The molecular weight excluding hydrogens is 188 g/mol. The summed E-state index contributed by atoms with van der Waals surface area (Å²) < 4.78 is 5.02. The maximum Gasteiger partial charge on any atom is 0.0589 e. The molecule has 0 spiro atoms. The van der Waals surface area contributed by atoms with E-state index in [1.807, 2.05) is 6.20 Å². The van der Waals surface area contributed by atoms with Gasteiger partial charge in [0.1, 0.15) is 0 Å². The quantitative estimate of drug-likeness (QED) is 0.712. The van der Waals surface area contributed by atoms with Crippen LogP contribution in [0, 0.1) is 0 Å². The van der Waals surface area contributed by atoms with Crippen molar-refractivity contribution in [2.75, 3.05) is 27.3 Å². The zero-order valence-electron chi connectivity index (χ0n) is 9.86. The van der Waals surface area contributed by atoms with Crippen LogP contribution in [0.25, 0.3) is 0 Å². The van der Waals surface area contributed by atoms with E-state index in [0.29, 0.717) is 0 Å². The second kappa shape index (κ2) is 6.53. The molecule has 1 rings (SSSR count). The average molecular weight is 208 g/mol. The third kappa shape index (κ3) is 4.40. The second-order valence-corrected chi connectivity index (χ2v) is 3.74. The number of aromatic nitrogens is 1. The van der Waals surface area contributed by atoms with Gasteiger partial charge in [0.05, 0.1) is 12.3 Å². The molecule has 0 aliphatic rings. The highest BCUT2D eigenvalue weighted by Gasteiger charge is 2.00. The Hall–Kier alpha value is -0.930. The summed E-state index contributed by atoms with van der Waals surface area (Å²) in [5.41, 5.74) is 2.41. The Bertz CT molecular complexity index is 271. The van der Waals surface area contributed by atoms with Crippen LogP contribution in [-0.2, 0) is 17.7 Å². The number of nitrogens with zero attached hydrogens (tertiary/aromatic N) is 2. The topological polar surface area (TPSA) is 25.4 Å². The number of hydrogen-bond acceptors (Lipinski definition) is 3. The van der Waals surface area contributed by atoms with Crippen LogP contribution in [0.4, 0.5) is 0 Å². The van der Waals surface area contributed by atoms with Crippen molar-refractivity contribution in [2.45, 2.75) is 19.9 Å². The molecule has 0 aliphatic carbocycles. The molecule has 0 unspecified atom stereocenters. The Kier molecular flexibility index (Phi) is 5.29. The Balaban J connectivity index is 2.42. The fourth-order valence-electron chi connectivity index (χ4n) is 1.36. The maximum atomic E-state index is 5.02. The van der Waals surface area contributed by atoms with Crippen LogP contribution in [0.2, 0.25) is 0 Å². The zero-order chi connectivity index (χ0) is 11.1. The smallest absolute Gasteiger partial charge is 0.0589 e. The van der Waals surface area contributed by atoms with Gasteiger partial charge in [-0.2, -0.15) is 0 Å². The lowest BCUT2D eigenvalue weighted by atomic mass is 10.2. The first-order chi connectivity index (χ1) is 7.26. The Labute approximate surface area is 92.1 Å². The van der Waals surface area contributed by atoms with Crippen LogP contribution in [-0.4, -0.2) is 37.2 Å². The van der Waals surface area contributed by atoms with Crippen LogP contribution >= 0.6 is 0 Å². The van der Waals surface area contributed by atoms with Crippen LogP contribution < -0.4 is 0 Å². The summed E-state index contributed by atoms with van der Waals surface area (Å²) in [5, 5.41) is 0. The van der Waals surface area contributed by atoms with Crippen molar-refractivity contribution >= 4 is 0 Å². The predicted octanol–water partition coefficient (Wildman–Crippen LogP) is 1.72. The molecule has 1 aromatic heterocycles. The average Bonchev–Trinajstić information content (AvgIpc) is 2.27. The highest BCUT2D eigenvalue weighted by atomic mass is 16.5. The summed E-state index contributed by atoms with van der Waals surface area (Å²) in [4.78, 5) is 6.62. The molecule has 3 nitrogen and oxygen atoms in total. The first-order valence-electron chi connectivity index (χ1n) is 5.37. The van der Waals surface area contributed by atoms with Crippen molar-refractivity contribution in [1.29, 1.82) is 0 Å². The molecule has 0 aliphatic heterocycles. The SMILES string of the molecule is CCc1ccc(CN(C)CCOC)nc1. The fraction of sp³-hybridized carbons (Fsp3) is 0.583. The number of pyridine rings is 1. The summed E-state index contributed by atoms with van der Waals surface area (Å²) in [6, 6.07) is 4.24. The summed E-state index contributed by atoms with van der Waals surface area (Å²) >= 11 is 0. The van der Waals surface area contributed by atoms with Crippen molar-refractivity contribution in [3.8, 4) is 0 Å². The van der Waals surface area contributed by atoms with E-state index < -0.39 is 0 Å². The van der Waals surface area contributed by atoms with Crippen molar-refractivity contribution in [1.82, 2.24) is 9.88 Å². The van der Waals surface area contributed by atoms with E-state index in [9.17, 15) is 0 Å². The number of hydrogen-bond donors (Lipinski definition) is 0. The Morgan fingerprint density at radius 3 is 2.73 bits per heavy atom. The van der Waals surface area contributed by atoms with Crippen molar-refractivity contribution in [3.05, 3.63) is 29.6 Å². The molecule has 0 aromatic carbocycles. The van der Waals surface area contributed by atoms with E-state index in [2.05, 4.69) is 36.0 Å². The molecule has 0 atom stereocenters. The van der Waals surface area contributed by atoms with Gasteiger partial charge in [-0.05, 0) is 25.1 Å². The van der Waals surface area contributed by atoms with E-state index in [0.717, 1.165) is 31.8 Å². The van der Waals surface area contributed by atoms with Crippen LogP contribution in [0.3, 0.4) is 0 Å². The highest BCUT2D eigenvalue weighted by Crippen LogP contribution is 2.03. The van der Waals surface area contributed by atoms with E-state index in [-0.39, 0.29) is 0 Å². The van der Waals surface area contributed by atoms with Gasteiger partial charge in [-0.1, -0.05) is 13.0 Å². The van der Waals surface area contributed by atoms with Crippen molar-refractivity contribution in [2.24, 2.45) is 0 Å². The molecule has 84 valence electrons. The molecule has 0 bridgehead atoms. The van der Waals surface area contributed by atoms with Crippen LogP contribution in [0.5, 0.6) is 0 Å². The number of ether oxygens (including phenoxy) is 1. The molecule has 15 heavy (non-hydrogen) atoms. The molecule has 0 saturated carbocycles. The first kappa shape index (κ1) is 12.1. The molecule has 0 fully saturated rings. The molecule has 0 radical (unpaired) electrons. The van der Waals surface area contributed by atoms with E-state index in [4.69, 9.17) is 4.74 Å². The molecule has 3 heteroatoms. The monoisotopic (exact) mass is 208 g/mol. The third-order valence-corrected chi connectivity index (χ3v) is 2.40. The van der Waals surface area contributed by atoms with Gasteiger partial charge in [-0.25, -0.2) is 0 Å². The van der Waals surface area contributed by atoms with Crippen LogP contribution in [0.15, 0.2) is 18.3 Å². The molecule has 1 heterocycles. The largest absolute Gasteiger partial charge is 0.383 e. The van der Waals surface area contributed by atoms with Crippen molar-refractivity contribution in [3.63, 3.8) is 0 Å². The molecule has 1 aromatic rings. The number of aryl methyl sites for hydroxylation is 1. The van der Waals surface area contributed by atoms with Gasteiger partial charge in [-0.15, -0.1) is 0 Å². The lowest BCUT2D eigenvalue weighted by Crippen LogP contribution is -2.22. The lowest BCUT2D eigenvalue weighted by molar-refractivity contribution is 0.158. The zero-order valence-corrected chi connectivity index (χ0v) is 9.86. The summed E-state index contributed by atoms with van der Waals surface area (Å²) in [6.45, 7) is 4.73. The highest BCUT2D eigenvalue weighted by molar-refractivity contribution is 5.13. The molecule has 0 amide bonds. The van der Waals surface area contributed by atoms with E-state index in [1.165, 1.54) is 5.56 Å². The first-order valence-corrected chi connectivity index (χ1v) is 5.37. The summed E-state index contributed by atoms with van der Waals surface area (Å²) in [5.74, 6) is 0. The van der Waals surface area contributed by atoms with Gasteiger partial charge in [0.15, 0.2) is 0 Å². The Morgan fingerprint density at radius 2 is 2.20 bits per heavy atom. The van der Waals surface area contributed by atoms with Gasteiger partial charge in [-0.3, -0.25) is 9.88 Å². The maximum absolute atomic E-state index is 5.02. The van der Waals surface area contributed by atoms with Gasteiger partial charge in [0.25, 0.3) is 0 Å². The van der Waals surface area contributed by atoms with Crippen molar-refractivity contribution < 1.29 is 4.74 Å². The standard InChI is InChI=1S/C12H20N2O/c1-4-11-5-6-12(13-9-11)10-14(2)7-8-15-3/h5-6,9H,4,7-8,10H2,1-3H3. The second-order valence-electron chi connectivity index (χ2n) is 3.74. The van der Waals surface area contributed by atoms with E-state index in [1.54, 1.807) is 7.11 Å². The molecular formula is C12H20N2O. The lowest BCUT2D eigenvalue weighted by Gasteiger charge is -2.15. The van der Waals surface area contributed by atoms with E-state index >= 15 is 0 Å². The van der Waals surface area contributed by atoms with Gasteiger partial charge >= 0.3 is 0 Å². The summed E-state index contributed by atoms with van der Waals surface area (Å²) in [7, 11) is 3.80. The molecule has 0 N–H and O–H groups in total. The van der Waals surface area contributed by atoms with Gasteiger partial charge in [0.2, 0.25) is 0 Å². The van der Waals surface area contributed by atoms with Crippen LogP contribution in [0.1, 0.15) is 18.2 Å².